The Morgan fingerprint density at radius 3 is 3.08 bits per heavy atom. The highest BCUT2D eigenvalue weighted by Gasteiger charge is 2.21. The zero-order chi connectivity index (χ0) is 8.81. The van der Waals surface area contributed by atoms with Crippen LogP contribution in [0.4, 0.5) is 0 Å². The molecule has 0 aromatic heterocycles. The third-order valence-electron chi connectivity index (χ3n) is 2.24. The number of hydrogen-bond donors (Lipinski definition) is 0. The highest BCUT2D eigenvalue weighted by molar-refractivity contribution is 5.81. The fourth-order valence-corrected chi connectivity index (χ4v) is 1.52. The Bertz CT molecular complexity index is 163. The first-order valence-corrected chi connectivity index (χ1v) is 4.56. The van der Waals surface area contributed by atoms with E-state index in [0.29, 0.717) is 19.0 Å². The normalized spacial score (nSPS) is 24.0. The summed E-state index contributed by atoms with van der Waals surface area (Å²) in [5.74, 6) is 0.545. The van der Waals surface area contributed by atoms with Crippen LogP contribution in [0.25, 0.3) is 0 Å². The zero-order valence-corrected chi connectivity index (χ0v) is 7.42. The molecule has 12 heavy (non-hydrogen) atoms. The van der Waals surface area contributed by atoms with E-state index in [4.69, 9.17) is 4.74 Å². The summed E-state index contributed by atoms with van der Waals surface area (Å²) in [5, 5.41) is 0. The number of carbonyl (C=O) groups excluding carboxylic acids is 1. The molecule has 0 saturated heterocycles. The minimum absolute atomic E-state index is 0.165. The minimum atomic E-state index is 0.165. The molecule has 1 unspecified atom stereocenters. The Kier molecular flexibility index (Phi) is 4.01. The van der Waals surface area contributed by atoms with E-state index >= 15 is 0 Å². The fourth-order valence-electron chi connectivity index (χ4n) is 1.52. The van der Waals surface area contributed by atoms with Gasteiger partial charge in [0.05, 0.1) is 13.2 Å². The highest BCUT2D eigenvalue weighted by Crippen LogP contribution is 2.20. The molecular formula is C10H16O2. The highest BCUT2D eigenvalue weighted by atomic mass is 16.5. The molecule has 2 nitrogen and oxygen atoms in total. The molecular weight excluding hydrogens is 152 g/mol. The van der Waals surface area contributed by atoms with E-state index < -0.39 is 0 Å². The molecule has 1 saturated carbocycles. The van der Waals surface area contributed by atoms with Gasteiger partial charge in [-0.1, -0.05) is 12.5 Å². The molecule has 0 bridgehead atoms. The second kappa shape index (κ2) is 5.09. The molecule has 0 amide bonds. The SMILES string of the molecule is C=CCOCC1CCCCC1=O. The number of rotatable bonds is 4. The van der Waals surface area contributed by atoms with Gasteiger partial charge in [-0.3, -0.25) is 4.79 Å². The second-order valence-electron chi connectivity index (χ2n) is 3.24. The van der Waals surface area contributed by atoms with Crippen molar-refractivity contribution in [2.75, 3.05) is 13.2 Å². The Hall–Kier alpha value is -0.630. The molecule has 1 aliphatic rings. The van der Waals surface area contributed by atoms with Crippen molar-refractivity contribution in [2.24, 2.45) is 5.92 Å². The summed E-state index contributed by atoms with van der Waals surface area (Å²) in [5.41, 5.74) is 0. The van der Waals surface area contributed by atoms with Crippen LogP contribution in [0.1, 0.15) is 25.7 Å². The number of carbonyl (C=O) groups is 1. The lowest BCUT2D eigenvalue weighted by Crippen LogP contribution is -2.23. The van der Waals surface area contributed by atoms with Crippen molar-refractivity contribution in [1.29, 1.82) is 0 Å². The van der Waals surface area contributed by atoms with Gasteiger partial charge in [-0.05, 0) is 12.8 Å². The number of ketones is 1. The smallest absolute Gasteiger partial charge is 0.138 e. The van der Waals surface area contributed by atoms with Crippen LogP contribution in [0.2, 0.25) is 0 Å². The van der Waals surface area contributed by atoms with Crippen molar-refractivity contribution < 1.29 is 9.53 Å². The van der Waals surface area contributed by atoms with Crippen molar-refractivity contribution in [3.63, 3.8) is 0 Å². The number of ether oxygens (including phenoxy) is 1. The van der Waals surface area contributed by atoms with Gasteiger partial charge in [0.2, 0.25) is 0 Å². The van der Waals surface area contributed by atoms with E-state index in [1.165, 1.54) is 6.42 Å². The first-order chi connectivity index (χ1) is 5.84. The van der Waals surface area contributed by atoms with Gasteiger partial charge in [0.25, 0.3) is 0 Å². The molecule has 0 spiro atoms. The number of hydrogen-bond acceptors (Lipinski definition) is 2. The van der Waals surface area contributed by atoms with E-state index in [-0.39, 0.29) is 5.92 Å². The van der Waals surface area contributed by atoms with Crippen molar-refractivity contribution in [3.8, 4) is 0 Å². The first kappa shape index (κ1) is 9.46. The molecule has 0 radical (unpaired) electrons. The Labute approximate surface area is 73.6 Å². The Morgan fingerprint density at radius 1 is 1.58 bits per heavy atom. The quantitative estimate of drug-likeness (QED) is 0.473. The van der Waals surface area contributed by atoms with E-state index in [9.17, 15) is 4.79 Å². The average molecular weight is 168 g/mol. The molecule has 0 aromatic rings. The van der Waals surface area contributed by atoms with Crippen molar-refractivity contribution in [1.82, 2.24) is 0 Å². The lowest BCUT2D eigenvalue weighted by molar-refractivity contribution is -0.126. The van der Waals surface area contributed by atoms with E-state index in [1.54, 1.807) is 6.08 Å². The second-order valence-corrected chi connectivity index (χ2v) is 3.24. The zero-order valence-electron chi connectivity index (χ0n) is 7.42. The van der Waals surface area contributed by atoms with Gasteiger partial charge in [0.1, 0.15) is 5.78 Å². The standard InChI is InChI=1S/C10H16O2/c1-2-7-12-8-9-5-3-4-6-10(9)11/h2,9H,1,3-8H2. The summed E-state index contributed by atoms with van der Waals surface area (Å²) in [6.07, 6.45) is 5.72. The van der Waals surface area contributed by atoms with Crippen molar-refractivity contribution in [2.45, 2.75) is 25.7 Å². The van der Waals surface area contributed by atoms with Crippen LogP contribution in [-0.4, -0.2) is 19.0 Å². The van der Waals surface area contributed by atoms with Gasteiger partial charge >= 0.3 is 0 Å². The molecule has 2 heteroatoms. The lowest BCUT2D eigenvalue weighted by atomic mass is 9.89. The molecule has 1 fully saturated rings. The van der Waals surface area contributed by atoms with Crippen molar-refractivity contribution >= 4 is 5.78 Å². The summed E-state index contributed by atoms with van der Waals surface area (Å²) in [4.78, 5) is 11.3. The van der Waals surface area contributed by atoms with Gasteiger partial charge in [0, 0.05) is 12.3 Å². The Morgan fingerprint density at radius 2 is 2.42 bits per heavy atom. The fraction of sp³-hybridized carbons (Fsp3) is 0.700. The van der Waals surface area contributed by atoms with Gasteiger partial charge in [-0.2, -0.15) is 0 Å². The predicted molar refractivity (Wildman–Crippen MR) is 48.0 cm³/mol. The minimum Gasteiger partial charge on any atom is -0.377 e. The summed E-state index contributed by atoms with van der Waals surface area (Å²) in [7, 11) is 0. The third kappa shape index (κ3) is 2.78. The van der Waals surface area contributed by atoms with E-state index in [2.05, 4.69) is 6.58 Å². The molecule has 1 atom stereocenters. The van der Waals surface area contributed by atoms with Crippen LogP contribution < -0.4 is 0 Å². The summed E-state index contributed by atoms with van der Waals surface area (Å²) >= 11 is 0. The maximum absolute atomic E-state index is 11.3. The predicted octanol–water partition coefficient (Wildman–Crippen LogP) is 1.95. The number of Topliss-reactive ketones (excluding diaryl/α,β-unsaturated/α-hetero) is 1. The van der Waals surface area contributed by atoms with Crippen LogP contribution in [0.15, 0.2) is 12.7 Å². The molecule has 0 heterocycles. The topological polar surface area (TPSA) is 26.3 Å². The van der Waals surface area contributed by atoms with Crippen LogP contribution in [0.5, 0.6) is 0 Å². The third-order valence-corrected chi connectivity index (χ3v) is 2.24. The summed E-state index contributed by atoms with van der Waals surface area (Å²) < 4.78 is 5.25. The van der Waals surface area contributed by atoms with E-state index in [0.717, 1.165) is 19.3 Å². The molecule has 0 N–H and O–H groups in total. The largest absolute Gasteiger partial charge is 0.377 e. The summed E-state index contributed by atoms with van der Waals surface area (Å²) in [6.45, 7) is 4.70. The van der Waals surface area contributed by atoms with Crippen LogP contribution in [0.3, 0.4) is 0 Å². The van der Waals surface area contributed by atoms with Gasteiger partial charge in [-0.25, -0.2) is 0 Å². The van der Waals surface area contributed by atoms with Crippen LogP contribution >= 0.6 is 0 Å². The van der Waals surface area contributed by atoms with Crippen LogP contribution in [-0.2, 0) is 9.53 Å². The first-order valence-electron chi connectivity index (χ1n) is 4.56. The van der Waals surface area contributed by atoms with Gasteiger partial charge in [-0.15, -0.1) is 6.58 Å². The molecule has 0 aromatic carbocycles. The molecule has 0 aliphatic heterocycles. The van der Waals surface area contributed by atoms with Crippen LogP contribution in [0, 0.1) is 5.92 Å². The van der Waals surface area contributed by atoms with E-state index in [1.807, 2.05) is 0 Å². The molecule has 1 rings (SSSR count). The molecule has 68 valence electrons. The monoisotopic (exact) mass is 168 g/mol. The molecule has 1 aliphatic carbocycles. The van der Waals surface area contributed by atoms with Gasteiger partial charge < -0.3 is 4.74 Å². The Balaban J connectivity index is 2.20. The average Bonchev–Trinajstić information content (AvgIpc) is 2.09. The van der Waals surface area contributed by atoms with Crippen molar-refractivity contribution in [3.05, 3.63) is 12.7 Å². The summed E-state index contributed by atoms with van der Waals surface area (Å²) in [6, 6.07) is 0. The lowest BCUT2D eigenvalue weighted by Gasteiger charge is -2.19. The maximum atomic E-state index is 11.3. The maximum Gasteiger partial charge on any atom is 0.138 e. The van der Waals surface area contributed by atoms with Gasteiger partial charge in [0.15, 0.2) is 0 Å².